The van der Waals surface area contributed by atoms with Gasteiger partial charge in [0, 0.05) is 25.0 Å². The zero-order valence-corrected chi connectivity index (χ0v) is 15.5. The number of piperidine rings is 1. The van der Waals surface area contributed by atoms with Gasteiger partial charge in [0.1, 0.15) is 0 Å². The third kappa shape index (κ3) is 4.59. The molecule has 1 fully saturated rings. The van der Waals surface area contributed by atoms with Crippen LogP contribution in [0.25, 0.3) is 0 Å². The molecule has 1 atom stereocenters. The maximum Gasteiger partial charge on any atom is 0.227 e. The van der Waals surface area contributed by atoms with Gasteiger partial charge >= 0.3 is 0 Å². The zero-order chi connectivity index (χ0) is 16.9. The van der Waals surface area contributed by atoms with Crippen LogP contribution in [0, 0.1) is 5.92 Å². The van der Waals surface area contributed by atoms with E-state index in [9.17, 15) is 4.79 Å². The van der Waals surface area contributed by atoms with Gasteiger partial charge in [-0.3, -0.25) is 9.69 Å². The second-order valence-electron chi connectivity index (χ2n) is 6.46. The van der Waals surface area contributed by atoms with Gasteiger partial charge in [-0.15, -0.1) is 11.3 Å². The number of rotatable bonds is 5. The van der Waals surface area contributed by atoms with Crippen LogP contribution in [0.5, 0.6) is 0 Å². The van der Waals surface area contributed by atoms with Crippen LogP contribution in [0.4, 0.5) is 0 Å². The summed E-state index contributed by atoms with van der Waals surface area (Å²) in [4.78, 5) is 18.2. The summed E-state index contributed by atoms with van der Waals surface area (Å²) in [7, 11) is 1.89. The molecule has 0 spiro atoms. The molecule has 24 heavy (non-hydrogen) atoms. The lowest BCUT2D eigenvalue weighted by molar-refractivity contribution is -0.136. The van der Waals surface area contributed by atoms with Gasteiger partial charge in [-0.05, 0) is 37.1 Å². The van der Waals surface area contributed by atoms with E-state index < -0.39 is 0 Å². The van der Waals surface area contributed by atoms with Crippen molar-refractivity contribution in [2.45, 2.75) is 25.9 Å². The second-order valence-corrected chi connectivity index (χ2v) is 8.26. The van der Waals surface area contributed by atoms with Crippen molar-refractivity contribution in [3.63, 3.8) is 0 Å². The molecule has 0 N–H and O–H groups in total. The molecule has 1 aliphatic rings. The maximum atomic E-state index is 12.8. The number of hydrogen-bond donors (Lipinski definition) is 0. The Balaban J connectivity index is 1.56. The van der Waals surface area contributed by atoms with Crippen molar-refractivity contribution in [3.05, 3.63) is 57.2 Å². The predicted molar refractivity (Wildman–Crippen MR) is 100 cm³/mol. The van der Waals surface area contributed by atoms with E-state index in [1.165, 1.54) is 5.56 Å². The van der Waals surface area contributed by atoms with E-state index in [-0.39, 0.29) is 11.8 Å². The Kier molecular flexibility index (Phi) is 5.93. The van der Waals surface area contributed by atoms with Gasteiger partial charge in [0.25, 0.3) is 0 Å². The number of carbonyl (C=O) groups is 1. The lowest BCUT2D eigenvalue weighted by Crippen LogP contribution is -2.43. The Labute approximate surface area is 152 Å². The van der Waals surface area contributed by atoms with Crippen molar-refractivity contribution in [2.75, 3.05) is 20.1 Å². The van der Waals surface area contributed by atoms with E-state index in [0.717, 1.165) is 41.7 Å². The van der Waals surface area contributed by atoms with Gasteiger partial charge in [0.05, 0.1) is 16.8 Å². The summed E-state index contributed by atoms with van der Waals surface area (Å²) in [5.41, 5.74) is 1.31. The van der Waals surface area contributed by atoms with Crippen LogP contribution in [0.2, 0.25) is 4.34 Å². The van der Waals surface area contributed by atoms with Crippen molar-refractivity contribution in [1.82, 2.24) is 9.80 Å². The smallest absolute Gasteiger partial charge is 0.227 e. The average molecular weight is 363 g/mol. The lowest BCUT2D eigenvalue weighted by atomic mass is 9.96. The first-order valence-electron chi connectivity index (χ1n) is 8.37. The fourth-order valence-electron chi connectivity index (χ4n) is 3.30. The molecule has 0 aliphatic carbocycles. The van der Waals surface area contributed by atoms with Crippen LogP contribution >= 0.6 is 22.9 Å². The van der Waals surface area contributed by atoms with Gasteiger partial charge in [-0.1, -0.05) is 41.9 Å². The number of nitrogens with zero attached hydrogens (tertiary/aromatic N) is 2. The predicted octanol–water partition coefficient (Wildman–Crippen LogP) is 4.27. The third-order valence-corrected chi connectivity index (χ3v) is 5.72. The van der Waals surface area contributed by atoms with Crippen LogP contribution in [-0.4, -0.2) is 35.8 Å². The lowest BCUT2D eigenvalue weighted by Gasteiger charge is -2.34. The Bertz CT molecular complexity index is 673. The number of carbonyl (C=O) groups excluding carboxylic acids is 1. The maximum absolute atomic E-state index is 12.8. The molecule has 2 aromatic rings. The largest absolute Gasteiger partial charge is 0.340 e. The van der Waals surface area contributed by atoms with Crippen molar-refractivity contribution in [1.29, 1.82) is 0 Å². The highest BCUT2D eigenvalue weighted by Crippen LogP contribution is 2.24. The topological polar surface area (TPSA) is 23.6 Å². The summed E-state index contributed by atoms with van der Waals surface area (Å²) in [6, 6.07) is 14.4. The normalized spacial score (nSPS) is 18.5. The van der Waals surface area contributed by atoms with Gasteiger partial charge in [-0.2, -0.15) is 0 Å². The molecule has 0 saturated carbocycles. The van der Waals surface area contributed by atoms with Crippen LogP contribution in [0.15, 0.2) is 42.5 Å². The number of benzene rings is 1. The summed E-state index contributed by atoms with van der Waals surface area (Å²) in [6.07, 6.45) is 2.07. The minimum atomic E-state index is 0.0999. The Morgan fingerprint density at radius 1 is 1.29 bits per heavy atom. The average Bonchev–Trinajstić information content (AvgIpc) is 3.00. The van der Waals surface area contributed by atoms with E-state index in [4.69, 9.17) is 11.6 Å². The van der Waals surface area contributed by atoms with Gasteiger partial charge < -0.3 is 4.90 Å². The molecular weight excluding hydrogens is 340 g/mol. The van der Waals surface area contributed by atoms with E-state index in [2.05, 4.69) is 29.2 Å². The molecular formula is C19H23ClN2OS. The molecule has 2 heterocycles. The minimum absolute atomic E-state index is 0.0999. The zero-order valence-electron chi connectivity index (χ0n) is 14.0. The first kappa shape index (κ1) is 17.5. The van der Waals surface area contributed by atoms with Gasteiger partial charge in [-0.25, -0.2) is 0 Å². The van der Waals surface area contributed by atoms with Crippen LogP contribution in [0.1, 0.15) is 23.3 Å². The highest BCUT2D eigenvalue weighted by Gasteiger charge is 2.28. The molecule has 1 aromatic heterocycles. The number of likely N-dealkylation sites (tertiary alicyclic amines) is 1. The highest BCUT2D eigenvalue weighted by atomic mass is 35.5. The van der Waals surface area contributed by atoms with E-state index in [1.54, 1.807) is 11.3 Å². The molecule has 3 nitrogen and oxygen atoms in total. The van der Waals surface area contributed by atoms with Crippen LogP contribution in [0.3, 0.4) is 0 Å². The highest BCUT2D eigenvalue weighted by molar-refractivity contribution is 7.16. The summed E-state index contributed by atoms with van der Waals surface area (Å²) < 4.78 is 0.776. The number of hydrogen-bond acceptors (Lipinski definition) is 3. The van der Waals surface area contributed by atoms with Crippen LogP contribution in [-0.2, 0) is 17.9 Å². The second kappa shape index (κ2) is 8.15. The molecule has 1 aromatic carbocycles. The molecule has 3 rings (SSSR count). The SMILES string of the molecule is CN(Cc1ccc(Cl)s1)C(=O)C1CCCN(Cc2ccccc2)C1. The van der Waals surface area contributed by atoms with Crippen molar-refractivity contribution >= 4 is 28.8 Å². The molecule has 1 saturated heterocycles. The van der Waals surface area contributed by atoms with Crippen molar-refractivity contribution in [3.8, 4) is 0 Å². The molecule has 1 amide bonds. The number of thiophene rings is 1. The molecule has 1 unspecified atom stereocenters. The van der Waals surface area contributed by atoms with Gasteiger partial charge in [0.2, 0.25) is 5.91 Å². The summed E-state index contributed by atoms with van der Waals surface area (Å²) in [5, 5.41) is 0. The van der Waals surface area contributed by atoms with E-state index >= 15 is 0 Å². The monoisotopic (exact) mass is 362 g/mol. The first-order valence-corrected chi connectivity index (χ1v) is 9.57. The first-order chi connectivity index (χ1) is 11.6. The standard InChI is InChI=1S/C19H23ClN2OS/c1-21(14-17-9-10-18(20)24-17)19(23)16-8-5-11-22(13-16)12-15-6-3-2-4-7-15/h2-4,6-7,9-10,16H,5,8,11-14H2,1H3. The fraction of sp³-hybridized carbons (Fsp3) is 0.421. The molecule has 128 valence electrons. The molecule has 5 heteroatoms. The van der Waals surface area contributed by atoms with Gasteiger partial charge in [0.15, 0.2) is 0 Å². The number of amides is 1. The number of halogens is 1. The summed E-state index contributed by atoms with van der Waals surface area (Å²) >= 11 is 7.52. The summed E-state index contributed by atoms with van der Waals surface area (Å²) in [5.74, 6) is 0.347. The quantitative estimate of drug-likeness (QED) is 0.792. The van der Waals surface area contributed by atoms with E-state index in [1.807, 2.05) is 30.1 Å². The van der Waals surface area contributed by atoms with Crippen LogP contribution < -0.4 is 0 Å². The minimum Gasteiger partial charge on any atom is -0.340 e. The van der Waals surface area contributed by atoms with Crippen molar-refractivity contribution in [2.24, 2.45) is 5.92 Å². The summed E-state index contributed by atoms with van der Waals surface area (Å²) in [6.45, 7) is 3.49. The fourth-order valence-corrected chi connectivity index (χ4v) is 4.44. The Hall–Kier alpha value is -1.36. The Morgan fingerprint density at radius 3 is 2.79 bits per heavy atom. The Morgan fingerprint density at radius 2 is 2.08 bits per heavy atom. The third-order valence-electron chi connectivity index (χ3n) is 4.50. The van der Waals surface area contributed by atoms with Crippen molar-refractivity contribution < 1.29 is 4.79 Å². The molecule has 0 radical (unpaired) electrons. The molecule has 1 aliphatic heterocycles. The van der Waals surface area contributed by atoms with E-state index in [0.29, 0.717) is 6.54 Å². The molecule has 0 bridgehead atoms.